The fraction of sp³-hybridized carbons (Fsp3) is 0.600. The van der Waals surface area contributed by atoms with Gasteiger partial charge in [0.25, 0.3) is 0 Å². The second-order valence-electron chi connectivity index (χ2n) is 2.69. The Morgan fingerprint density at radius 2 is 2.17 bits per heavy atom. The summed E-state index contributed by atoms with van der Waals surface area (Å²) < 4.78 is 12.0. The summed E-state index contributed by atoms with van der Waals surface area (Å²) in [5.41, 5.74) is -0.281. The maximum absolute atomic E-state index is 10.6. The van der Waals surface area contributed by atoms with Gasteiger partial charge < -0.3 is 9.79 Å². The summed E-state index contributed by atoms with van der Waals surface area (Å²) in [7, 11) is -4.23. The molecule has 68 valence electrons. The Morgan fingerprint density at radius 1 is 1.58 bits per heavy atom. The Labute approximate surface area is 69.4 Å². The summed E-state index contributed by atoms with van der Waals surface area (Å²) in [6, 6.07) is 0.0535. The summed E-state index contributed by atoms with van der Waals surface area (Å²) in [5.74, 6) is 0. The third-order valence-corrected chi connectivity index (χ3v) is 2.13. The van der Waals surface area contributed by atoms with Crippen LogP contribution in [0.25, 0.3) is 0 Å². The van der Waals surface area contributed by atoms with Crippen LogP contribution in [0.4, 0.5) is 0 Å². The van der Waals surface area contributed by atoms with E-state index in [1.807, 2.05) is 13.8 Å². The third-order valence-electron chi connectivity index (χ3n) is 1.33. The maximum Gasteiger partial charge on any atom is 0.377 e. The molecule has 1 heterocycles. The molecular formula is C5H10N3O3P. The second-order valence-corrected chi connectivity index (χ2v) is 4.24. The lowest BCUT2D eigenvalue weighted by Crippen LogP contribution is -2.04. The van der Waals surface area contributed by atoms with Crippen molar-refractivity contribution in [1.82, 2.24) is 15.0 Å². The van der Waals surface area contributed by atoms with E-state index < -0.39 is 7.60 Å². The molecule has 0 saturated heterocycles. The van der Waals surface area contributed by atoms with Crippen LogP contribution in [0.2, 0.25) is 0 Å². The summed E-state index contributed by atoms with van der Waals surface area (Å²) in [4.78, 5) is 17.4. The van der Waals surface area contributed by atoms with Gasteiger partial charge in [-0.25, -0.2) is 4.68 Å². The predicted molar refractivity (Wildman–Crippen MR) is 42.1 cm³/mol. The molecule has 0 aliphatic heterocycles. The number of aromatic nitrogens is 3. The topological polar surface area (TPSA) is 88.2 Å². The minimum absolute atomic E-state index is 0.0535. The minimum Gasteiger partial charge on any atom is -0.320 e. The number of rotatable bonds is 2. The Hall–Kier alpha value is -0.710. The first-order chi connectivity index (χ1) is 5.41. The van der Waals surface area contributed by atoms with Crippen LogP contribution < -0.4 is 5.44 Å². The molecule has 7 heteroatoms. The monoisotopic (exact) mass is 191 g/mol. The van der Waals surface area contributed by atoms with Gasteiger partial charge in [-0.1, -0.05) is 5.21 Å². The SMILES string of the molecule is CC(C)n1cc(P(=O)(O)O)nn1. The van der Waals surface area contributed by atoms with E-state index in [0.717, 1.165) is 0 Å². The first-order valence-electron chi connectivity index (χ1n) is 3.39. The normalized spacial score (nSPS) is 12.4. The number of nitrogens with zero attached hydrogens (tertiary/aromatic N) is 3. The summed E-state index contributed by atoms with van der Waals surface area (Å²) in [6.45, 7) is 3.69. The Morgan fingerprint density at radius 3 is 2.42 bits per heavy atom. The van der Waals surface area contributed by atoms with Crippen LogP contribution in [0.15, 0.2) is 6.20 Å². The van der Waals surface area contributed by atoms with Crippen molar-refractivity contribution in [2.24, 2.45) is 0 Å². The zero-order valence-corrected chi connectivity index (χ0v) is 7.64. The Balaban J connectivity index is 3.00. The minimum atomic E-state index is -4.23. The standard InChI is InChI=1S/C5H10N3O3P/c1-4(2)8-3-5(6-7-8)12(9,10)11/h3-4H,1-2H3,(H2,9,10,11). The number of hydrogen-bond donors (Lipinski definition) is 2. The van der Waals surface area contributed by atoms with Crippen LogP contribution in [0.1, 0.15) is 19.9 Å². The van der Waals surface area contributed by atoms with Gasteiger partial charge in [0.05, 0.1) is 6.20 Å². The molecule has 0 atom stereocenters. The zero-order valence-electron chi connectivity index (χ0n) is 6.75. The lowest BCUT2D eigenvalue weighted by Gasteiger charge is -2.01. The molecule has 0 saturated carbocycles. The van der Waals surface area contributed by atoms with Gasteiger partial charge in [0.15, 0.2) is 5.44 Å². The van der Waals surface area contributed by atoms with Crippen molar-refractivity contribution in [3.05, 3.63) is 6.20 Å². The van der Waals surface area contributed by atoms with Crippen molar-refractivity contribution in [1.29, 1.82) is 0 Å². The van der Waals surface area contributed by atoms with E-state index in [0.29, 0.717) is 0 Å². The molecule has 6 nitrogen and oxygen atoms in total. The molecule has 1 aromatic heterocycles. The lowest BCUT2D eigenvalue weighted by molar-refractivity contribution is 0.386. The summed E-state index contributed by atoms with van der Waals surface area (Å²) in [6.07, 6.45) is 1.26. The fourth-order valence-electron chi connectivity index (χ4n) is 0.653. The van der Waals surface area contributed by atoms with E-state index in [1.165, 1.54) is 10.9 Å². The molecular weight excluding hydrogens is 181 g/mol. The lowest BCUT2D eigenvalue weighted by atomic mass is 10.4. The zero-order chi connectivity index (χ0) is 9.35. The second kappa shape index (κ2) is 2.97. The van der Waals surface area contributed by atoms with Crippen LogP contribution >= 0.6 is 7.60 Å². The van der Waals surface area contributed by atoms with Crippen molar-refractivity contribution in [3.63, 3.8) is 0 Å². The van der Waals surface area contributed by atoms with Gasteiger partial charge in [0, 0.05) is 6.04 Å². The van der Waals surface area contributed by atoms with Gasteiger partial charge in [-0.2, -0.15) is 0 Å². The molecule has 2 N–H and O–H groups in total. The molecule has 0 unspecified atom stereocenters. The highest BCUT2D eigenvalue weighted by molar-refractivity contribution is 7.59. The highest BCUT2D eigenvalue weighted by atomic mass is 31.2. The van der Waals surface area contributed by atoms with Crippen LogP contribution in [-0.2, 0) is 4.57 Å². The Kier molecular flexibility index (Phi) is 2.32. The smallest absolute Gasteiger partial charge is 0.320 e. The summed E-state index contributed by atoms with van der Waals surface area (Å²) in [5, 5.41) is 6.92. The number of hydrogen-bond acceptors (Lipinski definition) is 3. The van der Waals surface area contributed by atoms with E-state index >= 15 is 0 Å². The third kappa shape index (κ3) is 1.91. The van der Waals surface area contributed by atoms with Crippen molar-refractivity contribution < 1.29 is 14.4 Å². The average Bonchev–Trinajstić information content (AvgIpc) is 2.30. The van der Waals surface area contributed by atoms with Gasteiger partial charge >= 0.3 is 7.60 Å². The first kappa shape index (κ1) is 9.38. The molecule has 0 aliphatic rings. The van der Waals surface area contributed by atoms with Gasteiger partial charge in [-0.05, 0) is 13.8 Å². The van der Waals surface area contributed by atoms with Crippen LogP contribution in [-0.4, -0.2) is 24.8 Å². The predicted octanol–water partition coefficient (Wildman–Crippen LogP) is -0.338. The van der Waals surface area contributed by atoms with Crippen molar-refractivity contribution in [2.75, 3.05) is 0 Å². The largest absolute Gasteiger partial charge is 0.377 e. The van der Waals surface area contributed by atoms with Gasteiger partial charge in [-0.3, -0.25) is 4.57 Å². The Bertz CT molecular complexity index is 315. The van der Waals surface area contributed by atoms with E-state index in [4.69, 9.17) is 9.79 Å². The van der Waals surface area contributed by atoms with E-state index in [1.54, 1.807) is 0 Å². The van der Waals surface area contributed by atoms with Crippen LogP contribution in [0, 0.1) is 0 Å². The van der Waals surface area contributed by atoms with E-state index in [-0.39, 0.29) is 11.5 Å². The van der Waals surface area contributed by atoms with Crippen LogP contribution in [0.3, 0.4) is 0 Å². The fourth-order valence-corrected chi connectivity index (χ4v) is 1.08. The molecule has 0 aliphatic carbocycles. The van der Waals surface area contributed by atoms with Gasteiger partial charge in [-0.15, -0.1) is 5.10 Å². The quantitative estimate of drug-likeness (QED) is 0.624. The van der Waals surface area contributed by atoms with Gasteiger partial charge in [0.2, 0.25) is 0 Å². The highest BCUT2D eigenvalue weighted by Crippen LogP contribution is 2.31. The molecule has 1 rings (SSSR count). The van der Waals surface area contributed by atoms with Crippen molar-refractivity contribution in [2.45, 2.75) is 19.9 Å². The molecule has 0 radical (unpaired) electrons. The molecule has 0 amide bonds. The van der Waals surface area contributed by atoms with E-state index in [2.05, 4.69) is 10.3 Å². The molecule has 0 bridgehead atoms. The molecule has 0 aromatic carbocycles. The van der Waals surface area contributed by atoms with Crippen molar-refractivity contribution >= 4 is 13.0 Å². The van der Waals surface area contributed by atoms with Crippen molar-refractivity contribution in [3.8, 4) is 0 Å². The highest BCUT2D eigenvalue weighted by Gasteiger charge is 2.21. The summed E-state index contributed by atoms with van der Waals surface area (Å²) >= 11 is 0. The van der Waals surface area contributed by atoms with Crippen LogP contribution in [0.5, 0.6) is 0 Å². The molecule has 0 spiro atoms. The van der Waals surface area contributed by atoms with E-state index in [9.17, 15) is 4.57 Å². The average molecular weight is 191 g/mol. The maximum atomic E-state index is 10.6. The molecule has 1 aromatic rings. The first-order valence-corrected chi connectivity index (χ1v) is 5.00. The molecule has 12 heavy (non-hydrogen) atoms. The molecule has 0 fully saturated rings. The van der Waals surface area contributed by atoms with Gasteiger partial charge in [0.1, 0.15) is 0 Å².